The molecule has 0 heterocycles. The smallest absolute Gasteiger partial charge is 0.129 e. The summed E-state index contributed by atoms with van der Waals surface area (Å²) in [5.74, 6) is -1.13. The largest absolute Gasteiger partial charge is 0.393 e. The number of aliphatic hydroxyl groups is 1. The molecule has 1 unspecified atom stereocenters. The van der Waals surface area contributed by atoms with E-state index in [9.17, 15) is 13.9 Å². The third kappa shape index (κ3) is 2.99. The molecule has 0 saturated heterocycles. The van der Waals surface area contributed by atoms with Crippen LogP contribution in [0, 0.1) is 11.6 Å². The average Bonchev–Trinajstić information content (AvgIpc) is 1.99. The van der Waals surface area contributed by atoms with Crippen LogP contribution in [0.1, 0.15) is 32.8 Å². The summed E-state index contributed by atoms with van der Waals surface area (Å²) in [5.41, 5.74) is -0.0591. The van der Waals surface area contributed by atoms with E-state index < -0.39 is 23.2 Å². The molecule has 3 heteroatoms. The fourth-order valence-electron chi connectivity index (χ4n) is 1.89. The Morgan fingerprint density at radius 2 is 1.93 bits per heavy atom. The van der Waals surface area contributed by atoms with Gasteiger partial charge in [-0.3, -0.25) is 0 Å². The van der Waals surface area contributed by atoms with Gasteiger partial charge in [0.05, 0.1) is 6.10 Å². The zero-order chi connectivity index (χ0) is 11.6. The lowest BCUT2D eigenvalue weighted by Crippen LogP contribution is -2.24. The zero-order valence-electron chi connectivity index (χ0n) is 9.22. The van der Waals surface area contributed by atoms with Crippen LogP contribution in [0.15, 0.2) is 18.2 Å². The van der Waals surface area contributed by atoms with Crippen molar-refractivity contribution < 1.29 is 13.9 Å². The fraction of sp³-hybridized carbons (Fsp3) is 0.500. The van der Waals surface area contributed by atoms with Gasteiger partial charge in [-0.15, -0.1) is 0 Å². The predicted molar refractivity (Wildman–Crippen MR) is 55.7 cm³/mol. The van der Waals surface area contributed by atoms with Crippen LogP contribution >= 0.6 is 0 Å². The van der Waals surface area contributed by atoms with Crippen LogP contribution in [-0.4, -0.2) is 11.2 Å². The minimum Gasteiger partial charge on any atom is -0.393 e. The average molecular weight is 214 g/mol. The molecule has 0 aliphatic carbocycles. The SMILES string of the molecule is CC(O)CC(C)(C)c1ccc(F)cc1F. The third-order valence-corrected chi connectivity index (χ3v) is 2.47. The van der Waals surface area contributed by atoms with E-state index in [4.69, 9.17) is 0 Å². The van der Waals surface area contributed by atoms with Crippen LogP contribution < -0.4 is 0 Å². The number of benzene rings is 1. The topological polar surface area (TPSA) is 20.2 Å². The highest BCUT2D eigenvalue weighted by Gasteiger charge is 2.25. The zero-order valence-corrected chi connectivity index (χ0v) is 9.22. The highest BCUT2D eigenvalue weighted by atomic mass is 19.1. The van der Waals surface area contributed by atoms with Gasteiger partial charge in [0.2, 0.25) is 0 Å². The standard InChI is InChI=1S/C12H16F2O/c1-8(15)7-12(2,3)10-5-4-9(13)6-11(10)14/h4-6,8,15H,7H2,1-3H3. The maximum Gasteiger partial charge on any atom is 0.129 e. The molecule has 0 aliphatic rings. The fourth-order valence-corrected chi connectivity index (χ4v) is 1.89. The summed E-state index contributed by atoms with van der Waals surface area (Å²) in [4.78, 5) is 0. The van der Waals surface area contributed by atoms with Crippen LogP contribution in [0.25, 0.3) is 0 Å². The molecule has 1 aromatic carbocycles. The van der Waals surface area contributed by atoms with Crippen molar-refractivity contribution in [2.75, 3.05) is 0 Å². The summed E-state index contributed by atoms with van der Waals surface area (Å²) < 4.78 is 26.2. The van der Waals surface area contributed by atoms with Crippen molar-refractivity contribution in [2.24, 2.45) is 0 Å². The summed E-state index contributed by atoms with van der Waals surface area (Å²) in [6, 6.07) is 3.55. The Morgan fingerprint density at radius 3 is 2.40 bits per heavy atom. The quantitative estimate of drug-likeness (QED) is 0.820. The van der Waals surface area contributed by atoms with Crippen molar-refractivity contribution in [3.63, 3.8) is 0 Å². The number of aliphatic hydroxyl groups excluding tert-OH is 1. The number of hydrogen-bond donors (Lipinski definition) is 1. The molecular weight excluding hydrogens is 198 g/mol. The van der Waals surface area contributed by atoms with Crippen LogP contribution in [0.4, 0.5) is 8.78 Å². The lowest BCUT2D eigenvalue weighted by Gasteiger charge is -2.27. The Balaban J connectivity index is 3.04. The second-order valence-corrected chi connectivity index (χ2v) is 4.56. The summed E-state index contributed by atoms with van der Waals surface area (Å²) in [5, 5.41) is 9.30. The van der Waals surface area contributed by atoms with Crippen molar-refractivity contribution in [1.82, 2.24) is 0 Å². The first-order valence-corrected chi connectivity index (χ1v) is 4.96. The van der Waals surface area contributed by atoms with Crippen LogP contribution in [-0.2, 0) is 5.41 Å². The molecular formula is C12H16F2O. The van der Waals surface area contributed by atoms with E-state index in [1.54, 1.807) is 6.92 Å². The van der Waals surface area contributed by atoms with Gasteiger partial charge in [0, 0.05) is 6.07 Å². The normalized spacial score (nSPS) is 14.0. The van der Waals surface area contributed by atoms with Crippen molar-refractivity contribution >= 4 is 0 Å². The molecule has 0 aromatic heterocycles. The summed E-state index contributed by atoms with van der Waals surface area (Å²) >= 11 is 0. The second-order valence-electron chi connectivity index (χ2n) is 4.56. The van der Waals surface area contributed by atoms with Crippen molar-refractivity contribution in [1.29, 1.82) is 0 Å². The van der Waals surface area contributed by atoms with Gasteiger partial charge in [0.25, 0.3) is 0 Å². The minimum absolute atomic E-state index is 0.435. The molecule has 1 N–H and O–H groups in total. The first-order chi connectivity index (χ1) is 6.83. The summed E-state index contributed by atoms with van der Waals surface area (Å²) in [7, 11) is 0. The molecule has 0 spiro atoms. The van der Waals surface area contributed by atoms with Gasteiger partial charge in [-0.05, 0) is 30.4 Å². The minimum atomic E-state index is -0.580. The van der Waals surface area contributed by atoms with Crippen molar-refractivity contribution in [3.8, 4) is 0 Å². The molecule has 0 saturated carbocycles. The maximum atomic E-state index is 13.5. The highest BCUT2D eigenvalue weighted by molar-refractivity contribution is 5.26. The molecule has 0 bridgehead atoms. The lowest BCUT2D eigenvalue weighted by molar-refractivity contribution is 0.155. The predicted octanol–water partition coefficient (Wildman–Crippen LogP) is 3.01. The summed E-state index contributed by atoms with van der Waals surface area (Å²) in [6.07, 6.45) is -0.0697. The maximum absolute atomic E-state index is 13.5. The number of hydrogen-bond acceptors (Lipinski definition) is 1. The van der Waals surface area contributed by atoms with Crippen molar-refractivity contribution in [3.05, 3.63) is 35.4 Å². The molecule has 1 aromatic rings. The van der Waals surface area contributed by atoms with E-state index in [1.807, 2.05) is 13.8 Å². The number of rotatable bonds is 3. The molecule has 84 valence electrons. The monoisotopic (exact) mass is 214 g/mol. The van der Waals surface area contributed by atoms with Gasteiger partial charge in [-0.2, -0.15) is 0 Å². The van der Waals surface area contributed by atoms with Crippen LogP contribution in [0.3, 0.4) is 0 Å². The van der Waals surface area contributed by atoms with E-state index in [0.29, 0.717) is 12.0 Å². The van der Waals surface area contributed by atoms with Gasteiger partial charge in [-0.25, -0.2) is 8.78 Å². The summed E-state index contributed by atoms with van der Waals surface area (Å²) in [6.45, 7) is 5.31. The van der Waals surface area contributed by atoms with Gasteiger partial charge >= 0.3 is 0 Å². The molecule has 1 rings (SSSR count). The molecule has 0 aliphatic heterocycles. The van der Waals surface area contributed by atoms with E-state index in [2.05, 4.69) is 0 Å². The molecule has 0 amide bonds. The molecule has 1 atom stereocenters. The van der Waals surface area contributed by atoms with E-state index in [0.717, 1.165) is 6.07 Å². The Kier molecular flexibility index (Phi) is 3.45. The van der Waals surface area contributed by atoms with Gasteiger partial charge in [-0.1, -0.05) is 19.9 Å². The molecule has 0 fully saturated rings. The van der Waals surface area contributed by atoms with Gasteiger partial charge in [0.1, 0.15) is 11.6 Å². The molecule has 0 radical (unpaired) electrons. The van der Waals surface area contributed by atoms with E-state index in [1.165, 1.54) is 12.1 Å². The first-order valence-electron chi connectivity index (χ1n) is 4.96. The Labute approximate surface area is 88.7 Å². The second kappa shape index (κ2) is 4.27. The van der Waals surface area contributed by atoms with Crippen molar-refractivity contribution in [2.45, 2.75) is 38.7 Å². The number of halogens is 2. The third-order valence-electron chi connectivity index (χ3n) is 2.47. The van der Waals surface area contributed by atoms with Gasteiger partial charge < -0.3 is 5.11 Å². The molecule has 15 heavy (non-hydrogen) atoms. The van der Waals surface area contributed by atoms with E-state index in [-0.39, 0.29) is 0 Å². The lowest BCUT2D eigenvalue weighted by atomic mass is 9.79. The Hall–Kier alpha value is -0.960. The Morgan fingerprint density at radius 1 is 1.33 bits per heavy atom. The Bertz CT molecular complexity index is 345. The van der Waals surface area contributed by atoms with Crippen LogP contribution in [0.2, 0.25) is 0 Å². The van der Waals surface area contributed by atoms with E-state index >= 15 is 0 Å². The van der Waals surface area contributed by atoms with Gasteiger partial charge in [0.15, 0.2) is 0 Å². The van der Waals surface area contributed by atoms with Crippen LogP contribution in [0.5, 0.6) is 0 Å². The molecule has 1 nitrogen and oxygen atoms in total. The first kappa shape index (κ1) is 12.1. The highest BCUT2D eigenvalue weighted by Crippen LogP contribution is 2.30.